The second kappa shape index (κ2) is 3.25. The van der Waals surface area contributed by atoms with Gasteiger partial charge >= 0.3 is 0 Å². The molecule has 1 nitrogen and oxygen atoms in total. The highest BCUT2D eigenvalue weighted by molar-refractivity contribution is 6.30. The van der Waals surface area contributed by atoms with E-state index in [1.807, 2.05) is 26.0 Å². The molecule has 0 amide bonds. The Labute approximate surface area is 89.7 Å². The van der Waals surface area contributed by atoms with E-state index in [1.54, 1.807) is 0 Å². The fourth-order valence-electron chi connectivity index (χ4n) is 2.05. The van der Waals surface area contributed by atoms with Crippen LogP contribution >= 0.6 is 11.6 Å². The van der Waals surface area contributed by atoms with Crippen molar-refractivity contribution in [2.45, 2.75) is 31.8 Å². The summed E-state index contributed by atoms with van der Waals surface area (Å²) in [6.07, 6.45) is 1.09. The summed E-state index contributed by atoms with van der Waals surface area (Å²) in [7, 11) is 0. The summed E-state index contributed by atoms with van der Waals surface area (Å²) in [5.41, 5.74) is 0.742. The average Bonchev–Trinajstić information content (AvgIpc) is 2.83. The molecule has 0 unspecified atom stereocenters. The van der Waals surface area contributed by atoms with E-state index in [1.165, 1.54) is 5.56 Å². The highest BCUT2D eigenvalue weighted by atomic mass is 35.5. The molecule has 1 fully saturated rings. The summed E-state index contributed by atoms with van der Waals surface area (Å²) in [4.78, 5) is 0. The van der Waals surface area contributed by atoms with Crippen molar-refractivity contribution in [1.82, 2.24) is 0 Å². The quantitative estimate of drug-likeness (QED) is 0.795. The van der Waals surface area contributed by atoms with E-state index in [0.717, 1.165) is 11.4 Å². The van der Waals surface area contributed by atoms with Gasteiger partial charge in [-0.05, 0) is 49.8 Å². The van der Waals surface area contributed by atoms with Crippen molar-refractivity contribution in [3.05, 3.63) is 34.9 Å². The van der Waals surface area contributed by atoms with Gasteiger partial charge in [0.25, 0.3) is 0 Å². The monoisotopic (exact) mass is 210 g/mol. The Morgan fingerprint density at radius 1 is 1.29 bits per heavy atom. The van der Waals surface area contributed by atoms with Gasteiger partial charge in [-0.2, -0.15) is 0 Å². The second-order valence-corrected chi connectivity index (χ2v) is 5.09. The Balaban J connectivity index is 2.10. The molecule has 1 aliphatic rings. The first-order chi connectivity index (χ1) is 6.48. The standard InChI is InChI=1S/C12H15ClO/c1-12(2,14)11-7-10(11)8-3-5-9(13)6-4-8/h3-6,10-11,14H,7H2,1-2H3/t10-,11+/m1/s1. The van der Waals surface area contributed by atoms with Crippen LogP contribution in [0.3, 0.4) is 0 Å². The minimum atomic E-state index is -0.551. The van der Waals surface area contributed by atoms with Crippen LogP contribution in [0.25, 0.3) is 0 Å². The highest BCUT2D eigenvalue weighted by Crippen LogP contribution is 2.53. The van der Waals surface area contributed by atoms with Gasteiger partial charge in [0.2, 0.25) is 0 Å². The van der Waals surface area contributed by atoms with Crippen molar-refractivity contribution >= 4 is 11.6 Å². The number of aliphatic hydroxyl groups is 1. The molecule has 2 rings (SSSR count). The fraction of sp³-hybridized carbons (Fsp3) is 0.500. The number of hydrogen-bond donors (Lipinski definition) is 1. The lowest BCUT2D eigenvalue weighted by molar-refractivity contribution is 0.0546. The molecule has 2 atom stereocenters. The van der Waals surface area contributed by atoms with Crippen molar-refractivity contribution in [3.63, 3.8) is 0 Å². The molecule has 1 saturated carbocycles. The van der Waals surface area contributed by atoms with Crippen LogP contribution in [-0.4, -0.2) is 10.7 Å². The number of halogens is 1. The first-order valence-electron chi connectivity index (χ1n) is 4.96. The van der Waals surface area contributed by atoms with Gasteiger partial charge in [-0.1, -0.05) is 23.7 Å². The molecule has 0 aliphatic heterocycles. The molecule has 0 bridgehead atoms. The highest BCUT2D eigenvalue weighted by Gasteiger charge is 2.47. The van der Waals surface area contributed by atoms with Crippen molar-refractivity contribution in [2.75, 3.05) is 0 Å². The third kappa shape index (κ3) is 1.94. The summed E-state index contributed by atoms with van der Waals surface area (Å²) in [6.45, 7) is 3.77. The maximum Gasteiger partial charge on any atom is 0.0625 e. The Bertz CT molecular complexity index is 323. The number of rotatable bonds is 2. The lowest BCUT2D eigenvalue weighted by Gasteiger charge is -2.16. The lowest BCUT2D eigenvalue weighted by Crippen LogP contribution is -2.22. The maximum atomic E-state index is 9.82. The molecule has 1 aromatic carbocycles. The normalized spacial score (nSPS) is 26.3. The summed E-state index contributed by atoms with van der Waals surface area (Å²) < 4.78 is 0. The molecule has 0 saturated heterocycles. The van der Waals surface area contributed by atoms with Crippen LogP contribution in [0.5, 0.6) is 0 Å². The first kappa shape index (κ1) is 10.0. The minimum Gasteiger partial charge on any atom is -0.390 e. The predicted molar refractivity (Wildman–Crippen MR) is 58.6 cm³/mol. The van der Waals surface area contributed by atoms with Gasteiger partial charge in [0, 0.05) is 5.02 Å². The van der Waals surface area contributed by atoms with Crippen molar-refractivity contribution < 1.29 is 5.11 Å². The zero-order valence-electron chi connectivity index (χ0n) is 8.50. The van der Waals surface area contributed by atoms with Gasteiger partial charge in [-0.15, -0.1) is 0 Å². The van der Waals surface area contributed by atoms with Crippen LogP contribution in [0.2, 0.25) is 5.02 Å². The van der Waals surface area contributed by atoms with E-state index < -0.39 is 5.60 Å². The Morgan fingerprint density at radius 2 is 1.86 bits per heavy atom. The van der Waals surface area contributed by atoms with Crippen LogP contribution in [-0.2, 0) is 0 Å². The molecule has 0 heterocycles. The molecule has 1 aliphatic carbocycles. The SMILES string of the molecule is CC(C)(O)[C@H]1C[C@@H]1c1ccc(Cl)cc1. The number of benzene rings is 1. The molecule has 1 N–H and O–H groups in total. The van der Waals surface area contributed by atoms with E-state index in [4.69, 9.17) is 11.6 Å². The second-order valence-electron chi connectivity index (χ2n) is 4.65. The summed E-state index contributed by atoms with van der Waals surface area (Å²) in [5, 5.41) is 10.6. The summed E-state index contributed by atoms with van der Waals surface area (Å²) >= 11 is 5.81. The van der Waals surface area contributed by atoms with Crippen molar-refractivity contribution in [2.24, 2.45) is 5.92 Å². The molecule has 14 heavy (non-hydrogen) atoms. The Morgan fingerprint density at radius 3 is 2.29 bits per heavy atom. The van der Waals surface area contributed by atoms with E-state index in [9.17, 15) is 5.11 Å². The molecule has 2 heteroatoms. The third-order valence-electron chi connectivity index (χ3n) is 3.00. The van der Waals surface area contributed by atoms with Crippen LogP contribution in [0.4, 0.5) is 0 Å². The summed E-state index contributed by atoms with van der Waals surface area (Å²) in [5.74, 6) is 0.927. The summed E-state index contributed by atoms with van der Waals surface area (Å²) in [6, 6.07) is 7.94. The molecule has 0 aromatic heterocycles. The van der Waals surface area contributed by atoms with Crippen LogP contribution in [0.15, 0.2) is 24.3 Å². The molecular formula is C12H15ClO. The van der Waals surface area contributed by atoms with Crippen LogP contribution in [0.1, 0.15) is 31.7 Å². The zero-order chi connectivity index (χ0) is 10.3. The fourth-order valence-corrected chi connectivity index (χ4v) is 2.18. The Kier molecular flexibility index (Phi) is 2.32. The molecule has 0 spiro atoms. The van der Waals surface area contributed by atoms with Crippen LogP contribution in [0, 0.1) is 5.92 Å². The first-order valence-corrected chi connectivity index (χ1v) is 5.34. The number of hydrogen-bond acceptors (Lipinski definition) is 1. The van der Waals surface area contributed by atoms with E-state index >= 15 is 0 Å². The van der Waals surface area contributed by atoms with E-state index in [-0.39, 0.29) is 0 Å². The Hall–Kier alpha value is -0.530. The molecule has 0 radical (unpaired) electrons. The van der Waals surface area contributed by atoms with Gasteiger partial charge in [0.05, 0.1) is 5.60 Å². The topological polar surface area (TPSA) is 20.2 Å². The minimum absolute atomic E-state index is 0.406. The van der Waals surface area contributed by atoms with E-state index in [2.05, 4.69) is 12.1 Å². The zero-order valence-corrected chi connectivity index (χ0v) is 9.25. The van der Waals surface area contributed by atoms with Gasteiger partial charge in [0.1, 0.15) is 0 Å². The maximum absolute atomic E-state index is 9.82. The molecule has 1 aromatic rings. The third-order valence-corrected chi connectivity index (χ3v) is 3.25. The van der Waals surface area contributed by atoms with Gasteiger partial charge in [-0.3, -0.25) is 0 Å². The van der Waals surface area contributed by atoms with Crippen molar-refractivity contribution in [3.8, 4) is 0 Å². The molecule has 76 valence electrons. The van der Waals surface area contributed by atoms with Crippen molar-refractivity contribution in [1.29, 1.82) is 0 Å². The van der Waals surface area contributed by atoms with E-state index in [0.29, 0.717) is 11.8 Å². The average molecular weight is 211 g/mol. The van der Waals surface area contributed by atoms with Crippen LogP contribution < -0.4 is 0 Å². The van der Waals surface area contributed by atoms with Gasteiger partial charge in [-0.25, -0.2) is 0 Å². The molecular weight excluding hydrogens is 196 g/mol. The smallest absolute Gasteiger partial charge is 0.0625 e. The van der Waals surface area contributed by atoms with Gasteiger partial charge < -0.3 is 5.11 Å². The largest absolute Gasteiger partial charge is 0.390 e. The lowest BCUT2D eigenvalue weighted by atomic mass is 9.99. The predicted octanol–water partition coefficient (Wildman–Crippen LogP) is 3.21. The van der Waals surface area contributed by atoms with Gasteiger partial charge in [0.15, 0.2) is 0 Å².